The quantitative estimate of drug-likeness (QED) is 0.553. The third-order valence-corrected chi connectivity index (χ3v) is 5.92. The molecule has 1 atom stereocenters. The van der Waals surface area contributed by atoms with Gasteiger partial charge >= 0.3 is 0 Å². The van der Waals surface area contributed by atoms with Gasteiger partial charge in [0.15, 0.2) is 5.82 Å². The van der Waals surface area contributed by atoms with Gasteiger partial charge in [-0.1, -0.05) is 18.5 Å². The number of allylic oxidation sites excluding steroid dienone is 1. The molecule has 1 aliphatic heterocycles. The van der Waals surface area contributed by atoms with Gasteiger partial charge in [0.25, 0.3) is 5.56 Å². The Morgan fingerprint density at radius 2 is 2.09 bits per heavy atom. The number of halogens is 2. The summed E-state index contributed by atoms with van der Waals surface area (Å²) in [7, 11) is 0. The van der Waals surface area contributed by atoms with E-state index in [2.05, 4.69) is 19.9 Å². The highest BCUT2D eigenvalue weighted by Crippen LogP contribution is 2.28. The van der Waals surface area contributed by atoms with Crippen LogP contribution in [-0.2, 0) is 12.2 Å². The molecule has 0 saturated carbocycles. The van der Waals surface area contributed by atoms with Crippen molar-refractivity contribution in [3.05, 3.63) is 86.8 Å². The maximum Gasteiger partial charge on any atom is 0.277 e. The van der Waals surface area contributed by atoms with Gasteiger partial charge in [0.1, 0.15) is 28.8 Å². The largest absolute Gasteiger partial charge is 0.487 e. The second-order valence-electron chi connectivity index (χ2n) is 8.88. The first-order valence-corrected chi connectivity index (χ1v) is 11.4. The van der Waals surface area contributed by atoms with E-state index < -0.39 is 17.0 Å². The Bertz CT molecular complexity index is 1390. The van der Waals surface area contributed by atoms with Crippen LogP contribution >= 0.6 is 11.6 Å². The number of nitrogens with zero attached hydrogens (tertiary/aromatic N) is 5. The highest BCUT2D eigenvalue weighted by Gasteiger charge is 2.25. The first-order valence-electron chi connectivity index (χ1n) is 11.0. The molecule has 1 N–H and O–H groups in total. The van der Waals surface area contributed by atoms with Gasteiger partial charge in [-0.25, -0.2) is 14.4 Å². The summed E-state index contributed by atoms with van der Waals surface area (Å²) in [6.07, 6.45) is 6.07. The maximum absolute atomic E-state index is 13.9. The number of hydrogen-bond donors (Lipinski definition) is 1. The molecule has 0 bridgehead atoms. The highest BCUT2D eigenvalue weighted by molar-refractivity contribution is 6.31. The molecule has 0 fully saturated rings. The van der Waals surface area contributed by atoms with E-state index in [9.17, 15) is 14.3 Å². The smallest absolute Gasteiger partial charge is 0.277 e. The Morgan fingerprint density at radius 3 is 2.80 bits per heavy atom. The maximum atomic E-state index is 13.9. The molecule has 0 spiro atoms. The molecule has 3 aromatic rings. The Morgan fingerprint density at radius 1 is 1.31 bits per heavy atom. The van der Waals surface area contributed by atoms with E-state index in [-0.39, 0.29) is 34.7 Å². The Labute approximate surface area is 206 Å². The lowest BCUT2D eigenvalue weighted by Gasteiger charge is -2.24. The number of rotatable bonds is 6. The number of ether oxygens (including phenoxy) is 1. The lowest BCUT2D eigenvalue weighted by atomic mass is 10.0. The molecule has 4 heterocycles. The zero-order chi connectivity index (χ0) is 25.3. The summed E-state index contributed by atoms with van der Waals surface area (Å²) < 4.78 is 21.1. The van der Waals surface area contributed by atoms with Crippen LogP contribution in [0.25, 0.3) is 5.70 Å². The molecule has 0 unspecified atom stereocenters. The van der Waals surface area contributed by atoms with Gasteiger partial charge in [0.05, 0.1) is 11.4 Å². The van der Waals surface area contributed by atoms with Crippen LogP contribution in [0, 0.1) is 18.7 Å². The molecule has 0 amide bonds. The SMILES string of the molecule is Cc1cc(OCc2cnccc2F)c(Cl)c(=O)n1C1=CC(c2ccnc(C(C)(C)O)n2)=NC[C@H]1C. The van der Waals surface area contributed by atoms with Crippen LogP contribution in [0.2, 0.25) is 5.02 Å². The second kappa shape index (κ2) is 9.67. The Balaban J connectivity index is 1.69. The standard InChI is InChI=1S/C25H25ClFN5O3/c1-14-11-30-19(18-6-8-29-24(31-18)25(3,4)34)10-20(14)32-15(2)9-21(22(26)23(32)33)35-13-16-12-28-7-5-17(16)27/h5-10,12,14,34H,11,13H2,1-4H3/t14-/m1/s1. The fraction of sp³-hybridized carbons (Fsp3) is 0.320. The van der Waals surface area contributed by atoms with Gasteiger partial charge in [-0.2, -0.15) is 0 Å². The summed E-state index contributed by atoms with van der Waals surface area (Å²) in [5.74, 6) is -0.0869. The summed E-state index contributed by atoms with van der Waals surface area (Å²) >= 11 is 6.39. The van der Waals surface area contributed by atoms with Crippen molar-refractivity contribution in [2.45, 2.75) is 39.9 Å². The summed E-state index contributed by atoms with van der Waals surface area (Å²) in [6, 6.07) is 4.59. The first kappa shape index (κ1) is 24.7. The molecule has 0 aliphatic carbocycles. The summed E-state index contributed by atoms with van der Waals surface area (Å²) in [6.45, 7) is 7.26. The number of pyridine rings is 2. The number of hydrogen-bond acceptors (Lipinski definition) is 7. The monoisotopic (exact) mass is 497 g/mol. The third kappa shape index (κ3) is 5.16. The zero-order valence-corrected chi connectivity index (χ0v) is 20.5. The average Bonchev–Trinajstić information content (AvgIpc) is 2.82. The number of aryl methyl sites for hydroxylation is 1. The number of aliphatic hydroxyl groups is 1. The van der Waals surface area contributed by atoms with Crippen molar-refractivity contribution in [1.82, 2.24) is 19.5 Å². The number of dihydropyridines is 1. The van der Waals surface area contributed by atoms with Crippen LogP contribution in [0.15, 0.2) is 52.7 Å². The predicted molar refractivity (Wildman–Crippen MR) is 131 cm³/mol. The van der Waals surface area contributed by atoms with Crippen molar-refractivity contribution in [1.29, 1.82) is 0 Å². The summed E-state index contributed by atoms with van der Waals surface area (Å²) in [4.78, 5) is 30.4. The topological polar surface area (TPSA) is 102 Å². The molecule has 182 valence electrons. The van der Waals surface area contributed by atoms with E-state index in [0.717, 1.165) is 0 Å². The zero-order valence-electron chi connectivity index (χ0n) is 19.8. The normalized spacial score (nSPS) is 16.0. The van der Waals surface area contributed by atoms with E-state index in [1.807, 2.05) is 6.92 Å². The minimum absolute atomic E-state index is 0.0712. The number of aliphatic imine (C=N–C) groups is 1. The van der Waals surface area contributed by atoms with Crippen molar-refractivity contribution in [2.75, 3.05) is 6.54 Å². The Kier molecular flexibility index (Phi) is 6.82. The van der Waals surface area contributed by atoms with Crippen LogP contribution in [0.4, 0.5) is 4.39 Å². The first-order chi connectivity index (χ1) is 16.6. The average molecular weight is 498 g/mol. The molecule has 0 radical (unpaired) electrons. The lowest BCUT2D eigenvalue weighted by Crippen LogP contribution is -2.29. The van der Waals surface area contributed by atoms with Gasteiger partial charge < -0.3 is 9.84 Å². The molecule has 1 aliphatic rings. The molecule has 4 rings (SSSR count). The summed E-state index contributed by atoms with van der Waals surface area (Å²) in [5.41, 5.74) is 1.00. The van der Waals surface area contributed by atoms with Crippen LogP contribution < -0.4 is 10.3 Å². The molecule has 8 nitrogen and oxygen atoms in total. The highest BCUT2D eigenvalue weighted by atomic mass is 35.5. The molecule has 3 aromatic heterocycles. The molecule has 0 saturated heterocycles. The fourth-order valence-electron chi connectivity index (χ4n) is 3.67. The van der Waals surface area contributed by atoms with E-state index in [0.29, 0.717) is 29.3 Å². The molecule has 35 heavy (non-hydrogen) atoms. The minimum Gasteiger partial charge on any atom is -0.487 e. The van der Waals surface area contributed by atoms with Crippen molar-refractivity contribution >= 4 is 23.0 Å². The van der Waals surface area contributed by atoms with Crippen LogP contribution in [0.3, 0.4) is 0 Å². The minimum atomic E-state index is -1.21. The second-order valence-corrected chi connectivity index (χ2v) is 9.26. The van der Waals surface area contributed by atoms with Crippen molar-refractivity contribution in [3.63, 3.8) is 0 Å². The number of aromatic nitrogens is 4. The molecular weight excluding hydrogens is 473 g/mol. The lowest BCUT2D eigenvalue weighted by molar-refractivity contribution is 0.0686. The van der Waals surface area contributed by atoms with E-state index in [4.69, 9.17) is 16.3 Å². The van der Waals surface area contributed by atoms with Crippen molar-refractivity contribution < 1.29 is 14.2 Å². The van der Waals surface area contributed by atoms with Crippen molar-refractivity contribution in [2.24, 2.45) is 10.9 Å². The van der Waals surface area contributed by atoms with Crippen molar-refractivity contribution in [3.8, 4) is 5.75 Å². The molecule has 10 heteroatoms. The third-order valence-electron chi connectivity index (χ3n) is 5.58. The fourth-order valence-corrected chi connectivity index (χ4v) is 3.87. The van der Waals surface area contributed by atoms with Gasteiger partial charge in [-0.15, -0.1) is 0 Å². The predicted octanol–water partition coefficient (Wildman–Crippen LogP) is 3.92. The Hall–Kier alpha value is -3.43. The summed E-state index contributed by atoms with van der Waals surface area (Å²) in [5, 5.41) is 10.2. The van der Waals surface area contributed by atoms with Gasteiger partial charge in [-0.3, -0.25) is 19.3 Å². The van der Waals surface area contributed by atoms with E-state index in [1.165, 1.54) is 23.0 Å². The van der Waals surface area contributed by atoms with Crippen LogP contribution in [0.5, 0.6) is 5.75 Å². The van der Waals surface area contributed by atoms with E-state index in [1.54, 1.807) is 45.2 Å². The van der Waals surface area contributed by atoms with Gasteiger partial charge in [0, 0.05) is 54.1 Å². The van der Waals surface area contributed by atoms with Gasteiger partial charge in [0.2, 0.25) is 0 Å². The molecule has 0 aromatic carbocycles. The van der Waals surface area contributed by atoms with Crippen LogP contribution in [-0.4, -0.2) is 36.9 Å². The van der Waals surface area contributed by atoms with Gasteiger partial charge in [-0.05, 0) is 39.0 Å². The van der Waals surface area contributed by atoms with E-state index >= 15 is 0 Å². The van der Waals surface area contributed by atoms with Crippen LogP contribution in [0.1, 0.15) is 43.5 Å². The molecular formula is C25H25ClFN5O3.